The van der Waals surface area contributed by atoms with Crippen molar-refractivity contribution in [3.63, 3.8) is 0 Å². The van der Waals surface area contributed by atoms with Crippen molar-refractivity contribution >= 4 is 5.97 Å². The van der Waals surface area contributed by atoms with Gasteiger partial charge < -0.3 is 5.11 Å². The van der Waals surface area contributed by atoms with Crippen LogP contribution in [0.1, 0.15) is 33.0 Å². The SMILES string of the molecule is N#Cc1c(C(F)(F)F)cc(C(F)(F)F)nc1-n1nc(C(F)(F)F)cc1C(=O)O. The number of rotatable bonds is 2. The summed E-state index contributed by atoms with van der Waals surface area (Å²) in [6.45, 7) is 0. The van der Waals surface area contributed by atoms with Crippen LogP contribution in [-0.4, -0.2) is 25.8 Å². The van der Waals surface area contributed by atoms with Crippen molar-refractivity contribution in [1.82, 2.24) is 14.8 Å². The molecular formula is C13H3F9N4O2. The van der Waals surface area contributed by atoms with E-state index in [1.54, 1.807) is 0 Å². The van der Waals surface area contributed by atoms with Gasteiger partial charge in [0.25, 0.3) is 0 Å². The highest BCUT2D eigenvalue weighted by atomic mass is 19.4. The van der Waals surface area contributed by atoms with Gasteiger partial charge in [-0.15, -0.1) is 0 Å². The van der Waals surface area contributed by atoms with Crippen molar-refractivity contribution in [2.45, 2.75) is 18.5 Å². The van der Waals surface area contributed by atoms with E-state index < -0.39 is 69.3 Å². The maximum atomic E-state index is 13.1. The van der Waals surface area contributed by atoms with E-state index in [1.807, 2.05) is 0 Å². The summed E-state index contributed by atoms with van der Waals surface area (Å²) in [5, 5.41) is 20.6. The molecule has 0 saturated heterocycles. The number of hydrogen-bond donors (Lipinski definition) is 1. The number of halogens is 9. The van der Waals surface area contributed by atoms with Crippen molar-refractivity contribution in [3.05, 3.63) is 40.3 Å². The summed E-state index contributed by atoms with van der Waals surface area (Å²) in [4.78, 5) is 13.8. The summed E-state index contributed by atoms with van der Waals surface area (Å²) in [6.07, 6.45) is -16.3. The molecule has 15 heteroatoms. The quantitative estimate of drug-likeness (QED) is 0.748. The summed E-state index contributed by atoms with van der Waals surface area (Å²) in [7, 11) is 0. The monoisotopic (exact) mass is 418 g/mol. The van der Waals surface area contributed by atoms with Crippen LogP contribution in [0.25, 0.3) is 5.82 Å². The Labute approximate surface area is 147 Å². The molecule has 2 heterocycles. The molecule has 0 radical (unpaired) electrons. The van der Waals surface area contributed by atoms with Crippen LogP contribution in [0.2, 0.25) is 0 Å². The Morgan fingerprint density at radius 2 is 1.50 bits per heavy atom. The van der Waals surface area contributed by atoms with Crippen molar-refractivity contribution < 1.29 is 49.4 Å². The second kappa shape index (κ2) is 6.39. The Hall–Kier alpha value is -3.31. The van der Waals surface area contributed by atoms with E-state index in [9.17, 15) is 44.3 Å². The topological polar surface area (TPSA) is 91.8 Å². The van der Waals surface area contributed by atoms with Gasteiger partial charge in [0.2, 0.25) is 0 Å². The normalized spacial score (nSPS) is 12.7. The average Bonchev–Trinajstić information content (AvgIpc) is 2.97. The van der Waals surface area contributed by atoms with Crippen LogP contribution >= 0.6 is 0 Å². The molecule has 0 amide bonds. The molecule has 2 aromatic heterocycles. The first-order valence-electron chi connectivity index (χ1n) is 6.57. The van der Waals surface area contributed by atoms with Crippen LogP contribution in [0.5, 0.6) is 0 Å². The third-order valence-electron chi connectivity index (χ3n) is 3.13. The molecular weight excluding hydrogens is 415 g/mol. The predicted molar refractivity (Wildman–Crippen MR) is 68.0 cm³/mol. The van der Waals surface area contributed by atoms with Crippen LogP contribution in [0.3, 0.4) is 0 Å². The Morgan fingerprint density at radius 3 is 1.89 bits per heavy atom. The van der Waals surface area contributed by atoms with E-state index in [0.717, 1.165) is 6.07 Å². The fourth-order valence-electron chi connectivity index (χ4n) is 2.00. The van der Waals surface area contributed by atoms with Crippen molar-refractivity contribution in [3.8, 4) is 11.9 Å². The lowest BCUT2D eigenvalue weighted by molar-refractivity contribution is -0.146. The van der Waals surface area contributed by atoms with E-state index in [0.29, 0.717) is 0 Å². The van der Waals surface area contributed by atoms with Gasteiger partial charge in [0.15, 0.2) is 17.2 Å². The van der Waals surface area contributed by atoms with Gasteiger partial charge in [-0.25, -0.2) is 14.5 Å². The first kappa shape index (κ1) is 21.0. The molecule has 1 N–H and O–H groups in total. The molecule has 150 valence electrons. The largest absolute Gasteiger partial charge is 0.477 e. The van der Waals surface area contributed by atoms with Gasteiger partial charge in [-0.3, -0.25) is 0 Å². The molecule has 0 unspecified atom stereocenters. The number of aromatic carboxylic acids is 1. The summed E-state index contributed by atoms with van der Waals surface area (Å²) in [6, 6.07) is 0.234. The van der Waals surface area contributed by atoms with Gasteiger partial charge in [0.1, 0.15) is 17.3 Å². The Bertz CT molecular complexity index is 980. The molecule has 0 spiro atoms. The zero-order chi connectivity index (χ0) is 21.7. The van der Waals surface area contributed by atoms with Gasteiger partial charge >= 0.3 is 24.5 Å². The third-order valence-corrected chi connectivity index (χ3v) is 3.13. The highest BCUT2D eigenvalue weighted by molar-refractivity contribution is 5.86. The zero-order valence-corrected chi connectivity index (χ0v) is 12.7. The first-order valence-corrected chi connectivity index (χ1v) is 6.57. The van der Waals surface area contributed by atoms with E-state index >= 15 is 0 Å². The second-order valence-electron chi connectivity index (χ2n) is 4.99. The highest BCUT2D eigenvalue weighted by Gasteiger charge is 2.43. The molecule has 0 aromatic carbocycles. The van der Waals surface area contributed by atoms with Crippen LogP contribution < -0.4 is 0 Å². The minimum Gasteiger partial charge on any atom is -0.477 e. The molecule has 0 saturated carbocycles. The lowest BCUT2D eigenvalue weighted by Crippen LogP contribution is -2.20. The second-order valence-corrected chi connectivity index (χ2v) is 4.99. The first-order chi connectivity index (χ1) is 12.6. The summed E-state index contributed by atoms with van der Waals surface area (Å²) in [5.41, 5.74) is -9.41. The molecule has 0 atom stereocenters. The fraction of sp³-hybridized carbons (Fsp3) is 0.231. The number of aromatic nitrogens is 3. The predicted octanol–water partition coefficient (Wildman–Crippen LogP) is 3.89. The number of pyridine rings is 1. The lowest BCUT2D eigenvalue weighted by atomic mass is 10.1. The third kappa shape index (κ3) is 3.85. The molecule has 0 aliphatic rings. The Kier molecular flexibility index (Phi) is 4.79. The van der Waals surface area contributed by atoms with Gasteiger partial charge in [0.05, 0.1) is 5.56 Å². The van der Waals surface area contributed by atoms with Crippen LogP contribution in [0.15, 0.2) is 12.1 Å². The number of nitrogens with zero attached hydrogens (tertiary/aromatic N) is 4. The number of carboxylic acid groups (broad SMARTS) is 1. The van der Waals surface area contributed by atoms with Gasteiger partial charge in [-0.2, -0.15) is 49.9 Å². The smallest absolute Gasteiger partial charge is 0.435 e. The van der Waals surface area contributed by atoms with E-state index in [4.69, 9.17) is 10.4 Å². The number of nitriles is 1. The highest BCUT2D eigenvalue weighted by Crippen LogP contribution is 2.39. The number of hydrogen-bond acceptors (Lipinski definition) is 4. The molecule has 2 aromatic rings. The standard InChI is InChI=1S/C13H3F9N4O2/c14-11(15,16)5-1-7(12(17,18)19)24-9(4(5)3-23)26-6(10(27)28)2-8(25-26)13(20,21)22/h1-2H,(H,27,28). The Balaban J connectivity index is 2.98. The maximum absolute atomic E-state index is 13.1. The molecule has 2 rings (SSSR count). The summed E-state index contributed by atoms with van der Waals surface area (Å²) < 4.78 is 116. The molecule has 0 aliphatic heterocycles. The number of carbonyl (C=O) groups is 1. The van der Waals surface area contributed by atoms with Crippen LogP contribution in [-0.2, 0) is 18.5 Å². The lowest BCUT2D eigenvalue weighted by Gasteiger charge is -2.16. The van der Waals surface area contributed by atoms with Crippen molar-refractivity contribution in [2.75, 3.05) is 0 Å². The molecule has 6 nitrogen and oxygen atoms in total. The number of alkyl halides is 9. The summed E-state index contributed by atoms with van der Waals surface area (Å²) >= 11 is 0. The average molecular weight is 418 g/mol. The zero-order valence-electron chi connectivity index (χ0n) is 12.7. The van der Waals surface area contributed by atoms with Crippen LogP contribution in [0.4, 0.5) is 39.5 Å². The van der Waals surface area contributed by atoms with E-state index in [2.05, 4.69) is 10.1 Å². The number of carboxylic acids is 1. The van der Waals surface area contributed by atoms with Crippen molar-refractivity contribution in [1.29, 1.82) is 5.26 Å². The van der Waals surface area contributed by atoms with Gasteiger partial charge in [-0.1, -0.05) is 0 Å². The minimum absolute atomic E-state index is 0.126. The maximum Gasteiger partial charge on any atom is 0.435 e. The minimum atomic E-state index is -5.54. The van der Waals surface area contributed by atoms with Crippen molar-refractivity contribution in [2.24, 2.45) is 0 Å². The molecule has 0 fully saturated rings. The fourth-order valence-corrected chi connectivity index (χ4v) is 2.00. The molecule has 0 bridgehead atoms. The van der Waals surface area contributed by atoms with Gasteiger partial charge in [0, 0.05) is 6.07 Å². The van der Waals surface area contributed by atoms with Gasteiger partial charge in [-0.05, 0) is 6.07 Å². The van der Waals surface area contributed by atoms with Crippen LogP contribution in [0, 0.1) is 11.3 Å². The van der Waals surface area contributed by atoms with E-state index in [1.165, 1.54) is 0 Å². The molecule has 0 aliphatic carbocycles. The molecule has 28 heavy (non-hydrogen) atoms. The van der Waals surface area contributed by atoms with E-state index in [-0.39, 0.29) is 6.07 Å². The Morgan fingerprint density at radius 1 is 0.964 bits per heavy atom. The summed E-state index contributed by atoms with van der Waals surface area (Å²) in [5.74, 6) is -3.84.